The Balaban J connectivity index is 2.26. The summed E-state index contributed by atoms with van der Waals surface area (Å²) in [7, 11) is 1.95. The summed E-state index contributed by atoms with van der Waals surface area (Å²) < 4.78 is 0. The summed E-state index contributed by atoms with van der Waals surface area (Å²) >= 11 is 6.34. The first kappa shape index (κ1) is 17.9. The molecule has 0 N–H and O–H groups in total. The number of hydrogen-bond donors (Lipinski definition) is 0. The fourth-order valence-electron chi connectivity index (χ4n) is 2.24. The number of non-ortho nitro benzene ring substituents is 1. The minimum absolute atomic E-state index is 0.0973. The summed E-state index contributed by atoms with van der Waals surface area (Å²) in [5.41, 5.74) is 3.78. The Kier molecular flexibility index (Phi) is 5.93. The molecule has 24 heavy (non-hydrogen) atoms. The Labute approximate surface area is 146 Å². The van der Waals surface area contributed by atoms with Gasteiger partial charge in [-0.05, 0) is 49.1 Å². The maximum absolute atomic E-state index is 10.9. The van der Waals surface area contributed by atoms with E-state index in [2.05, 4.69) is 4.99 Å². The summed E-state index contributed by atoms with van der Waals surface area (Å²) in [6, 6.07) is 10.5. The Hall–Kier alpha value is -2.40. The van der Waals surface area contributed by atoms with Gasteiger partial charge in [-0.2, -0.15) is 0 Å². The number of nitro benzene ring substituents is 1. The molecule has 2 rings (SSSR count). The molecule has 0 atom stereocenters. The summed E-state index contributed by atoms with van der Waals surface area (Å²) in [4.78, 5) is 16.9. The highest BCUT2D eigenvalue weighted by molar-refractivity contribution is 6.33. The van der Waals surface area contributed by atoms with E-state index in [-0.39, 0.29) is 10.6 Å². The lowest BCUT2D eigenvalue weighted by atomic mass is 9.99. The van der Waals surface area contributed by atoms with E-state index < -0.39 is 0 Å². The van der Waals surface area contributed by atoms with Crippen LogP contribution in [-0.2, 0) is 6.42 Å². The van der Waals surface area contributed by atoms with Crippen molar-refractivity contribution in [3.05, 3.63) is 68.2 Å². The van der Waals surface area contributed by atoms with E-state index in [4.69, 9.17) is 11.6 Å². The van der Waals surface area contributed by atoms with E-state index in [1.165, 1.54) is 6.07 Å². The number of halogens is 1. The zero-order chi connectivity index (χ0) is 17.7. The molecule has 0 aliphatic rings. The molecule has 2 aromatic rings. The Morgan fingerprint density at radius 2 is 2.08 bits per heavy atom. The van der Waals surface area contributed by atoms with Gasteiger partial charge in [0.2, 0.25) is 0 Å². The van der Waals surface area contributed by atoms with Crippen LogP contribution in [0.5, 0.6) is 0 Å². The molecule has 6 heteroatoms. The summed E-state index contributed by atoms with van der Waals surface area (Å²) in [6.07, 6.45) is 2.34. The topological polar surface area (TPSA) is 58.7 Å². The average Bonchev–Trinajstić information content (AvgIpc) is 2.56. The lowest BCUT2D eigenvalue weighted by molar-refractivity contribution is -0.384. The predicted molar refractivity (Wildman–Crippen MR) is 98.5 cm³/mol. The lowest BCUT2D eigenvalue weighted by Crippen LogP contribution is -2.14. The van der Waals surface area contributed by atoms with Crippen LogP contribution in [0.4, 0.5) is 11.4 Å². The Morgan fingerprint density at radius 3 is 2.75 bits per heavy atom. The Morgan fingerprint density at radius 1 is 1.33 bits per heavy atom. The largest absolute Gasteiger partial charge is 0.366 e. The van der Waals surface area contributed by atoms with Crippen LogP contribution in [0, 0.1) is 17.0 Å². The maximum atomic E-state index is 10.9. The molecule has 0 spiro atoms. The molecule has 0 fully saturated rings. The molecule has 5 nitrogen and oxygen atoms in total. The number of nitrogens with zero attached hydrogens (tertiary/aromatic N) is 3. The van der Waals surface area contributed by atoms with Crippen molar-refractivity contribution in [2.75, 3.05) is 13.6 Å². The van der Waals surface area contributed by atoms with Crippen LogP contribution >= 0.6 is 11.6 Å². The standard InChI is InChI=1S/C18H20ClN3O2/c1-4-21(3)12-20-18-8-13(2)15(11-17(18)19)9-14-6-5-7-16(10-14)22(23)24/h5-8,10-12H,4,9H2,1-3H3. The highest BCUT2D eigenvalue weighted by atomic mass is 35.5. The summed E-state index contributed by atoms with van der Waals surface area (Å²) in [5.74, 6) is 0. The van der Waals surface area contributed by atoms with Gasteiger partial charge in [-0.15, -0.1) is 0 Å². The third-order valence-electron chi connectivity index (χ3n) is 3.81. The molecule has 0 bridgehead atoms. The van der Waals surface area contributed by atoms with Crippen molar-refractivity contribution in [1.82, 2.24) is 4.90 Å². The summed E-state index contributed by atoms with van der Waals surface area (Å²) in [5, 5.41) is 11.5. The van der Waals surface area contributed by atoms with Crippen LogP contribution in [-0.4, -0.2) is 29.8 Å². The molecule has 0 aliphatic heterocycles. The van der Waals surface area contributed by atoms with Gasteiger partial charge in [0.15, 0.2) is 0 Å². The van der Waals surface area contributed by atoms with Crippen molar-refractivity contribution in [3.8, 4) is 0 Å². The highest BCUT2D eigenvalue weighted by Gasteiger charge is 2.09. The molecular weight excluding hydrogens is 326 g/mol. The molecule has 0 saturated heterocycles. The van der Waals surface area contributed by atoms with Gasteiger partial charge in [-0.25, -0.2) is 4.99 Å². The first-order chi connectivity index (χ1) is 11.4. The number of rotatable bonds is 6. The molecule has 0 saturated carbocycles. The quantitative estimate of drug-likeness (QED) is 0.328. The van der Waals surface area contributed by atoms with Crippen LogP contribution in [0.3, 0.4) is 0 Å². The fourth-order valence-corrected chi connectivity index (χ4v) is 2.47. The van der Waals surface area contributed by atoms with Crippen LogP contribution < -0.4 is 0 Å². The minimum atomic E-state index is -0.384. The van der Waals surface area contributed by atoms with Crippen molar-refractivity contribution in [1.29, 1.82) is 0 Å². The van der Waals surface area contributed by atoms with E-state index in [1.54, 1.807) is 18.5 Å². The van der Waals surface area contributed by atoms with Gasteiger partial charge in [0.05, 0.1) is 22.0 Å². The van der Waals surface area contributed by atoms with Crippen molar-refractivity contribution >= 4 is 29.3 Å². The number of hydrogen-bond acceptors (Lipinski definition) is 3. The second kappa shape index (κ2) is 7.93. The zero-order valence-electron chi connectivity index (χ0n) is 14.0. The number of benzene rings is 2. The SMILES string of the molecule is CCN(C)C=Nc1cc(C)c(Cc2cccc([N+](=O)[O-])c2)cc1Cl. The monoisotopic (exact) mass is 345 g/mol. The second-order valence-electron chi connectivity index (χ2n) is 5.65. The molecule has 0 amide bonds. The van der Waals surface area contributed by atoms with Gasteiger partial charge >= 0.3 is 0 Å². The van der Waals surface area contributed by atoms with E-state index in [9.17, 15) is 10.1 Å². The fraction of sp³-hybridized carbons (Fsp3) is 0.278. The third kappa shape index (κ3) is 4.55. The highest BCUT2D eigenvalue weighted by Crippen LogP contribution is 2.30. The molecular formula is C18H20ClN3O2. The number of aliphatic imine (C=N–C) groups is 1. The van der Waals surface area contributed by atoms with Gasteiger partial charge in [0, 0.05) is 25.7 Å². The second-order valence-corrected chi connectivity index (χ2v) is 6.06. The molecule has 2 aromatic carbocycles. The lowest BCUT2D eigenvalue weighted by Gasteiger charge is -2.11. The van der Waals surface area contributed by atoms with Crippen LogP contribution in [0.1, 0.15) is 23.6 Å². The molecule has 0 aliphatic carbocycles. The predicted octanol–water partition coefficient (Wildman–Crippen LogP) is 4.76. The van der Waals surface area contributed by atoms with E-state index in [1.807, 2.05) is 44.0 Å². The van der Waals surface area contributed by atoms with Crippen LogP contribution in [0.15, 0.2) is 41.4 Å². The Bertz CT molecular complexity index is 775. The van der Waals surface area contributed by atoms with Crippen LogP contribution in [0.25, 0.3) is 0 Å². The molecule has 0 unspecified atom stereocenters. The van der Waals surface area contributed by atoms with Gasteiger partial charge in [0.1, 0.15) is 0 Å². The number of aryl methyl sites for hydroxylation is 1. The van der Waals surface area contributed by atoms with Crippen molar-refractivity contribution in [2.45, 2.75) is 20.3 Å². The van der Waals surface area contributed by atoms with Crippen LogP contribution in [0.2, 0.25) is 5.02 Å². The van der Waals surface area contributed by atoms with Gasteiger partial charge < -0.3 is 4.90 Å². The maximum Gasteiger partial charge on any atom is 0.269 e. The smallest absolute Gasteiger partial charge is 0.269 e. The van der Waals surface area contributed by atoms with Gasteiger partial charge in [-0.1, -0.05) is 23.7 Å². The molecule has 0 radical (unpaired) electrons. The molecule has 0 aromatic heterocycles. The average molecular weight is 346 g/mol. The normalized spacial score (nSPS) is 11.0. The van der Waals surface area contributed by atoms with E-state index in [0.29, 0.717) is 11.4 Å². The zero-order valence-corrected chi connectivity index (χ0v) is 14.7. The van der Waals surface area contributed by atoms with E-state index in [0.717, 1.165) is 28.9 Å². The van der Waals surface area contributed by atoms with E-state index >= 15 is 0 Å². The third-order valence-corrected chi connectivity index (χ3v) is 4.12. The van der Waals surface area contributed by atoms with Crippen molar-refractivity contribution in [3.63, 3.8) is 0 Å². The van der Waals surface area contributed by atoms with Crippen molar-refractivity contribution < 1.29 is 4.92 Å². The first-order valence-electron chi connectivity index (χ1n) is 7.67. The molecule has 126 valence electrons. The van der Waals surface area contributed by atoms with Crippen molar-refractivity contribution in [2.24, 2.45) is 4.99 Å². The minimum Gasteiger partial charge on any atom is -0.366 e. The summed E-state index contributed by atoms with van der Waals surface area (Å²) in [6.45, 7) is 4.90. The first-order valence-corrected chi connectivity index (χ1v) is 8.05. The van der Waals surface area contributed by atoms with Gasteiger partial charge in [0.25, 0.3) is 5.69 Å². The van der Waals surface area contributed by atoms with Gasteiger partial charge in [-0.3, -0.25) is 10.1 Å². The molecule has 0 heterocycles. The number of nitro groups is 1.